The van der Waals surface area contributed by atoms with Crippen LogP contribution in [-0.2, 0) is 0 Å². The maximum Gasteiger partial charge on any atom is 0.193 e. The van der Waals surface area contributed by atoms with Crippen LogP contribution in [0.4, 0.5) is 5.69 Å². The first-order chi connectivity index (χ1) is 8.08. The molecule has 0 radical (unpaired) electrons. The van der Waals surface area contributed by atoms with Crippen LogP contribution < -0.4 is 5.73 Å². The van der Waals surface area contributed by atoms with Crippen molar-refractivity contribution in [1.82, 2.24) is 0 Å². The Morgan fingerprint density at radius 1 is 1.06 bits per heavy atom. The van der Waals surface area contributed by atoms with E-state index in [2.05, 4.69) is 15.9 Å². The molecule has 2 aromatic rings. The smallest absolute Gasteiger partial charge is 0.193 e. The Bertz CT molecular complexity index is 566. The molecule has 0 bridgehead atoms. The fourth-order valence-electron chi connectivity index (χ4n) is 1.45. The molecule has 0 aliphatic carbocycles. The summed E-state index contributed by atoms with van der Waals surface area (Å²) in [4.78, 5) is 12.1. The Morgan fingerprint density at radius 2 is 1.65 bits per heavy atom. The van der Waals surface area contributed by atoms with Crippen molar-refractivity contribution < 1.29 is 4.79 Å². The van der Waals surface area contributed by atoms with E-state index in [0.717, 1.165) is 4.47 Å². The monoisotopic (exact) mass is 309 g/mol. The van der Waals surface area contributed by atoms with E-state index in [1.165, 1.54) is 0 Å². The van der Waals surface area contributed by atoms with Crippen LogP contribution >= 0.6 is 27.5 Å². The topological polar surface area (TPSA) is 43.1 Å². The van der Waals surface area contributed by atoms with Gasteiger partial charge in [-0.05, 0) is 42.5 Å². The highest BCUT2D eigenvalue weighted by Gasteiger charge is 2.10. The van der Waals surface area contributed by atoms with Gasteiger partial charge in [-0.25, -0.2) is 0 Å². The largest absolute Gasteiger partial charge is 0.398 e. The van der Waals surface area contributed by atoms with Gasteiger partial charge in [0.1, 0.15) is 0 Å². The lowest BCUT2D eigenvalue weighted by atomic mass is 10.0. The lowest BCUT2D eigenvalue weighted by Crippen LogP contribution is -2.02. The maximum atomic E-state index is 12.1. The third kappa shape index (κ3) is 2.68. The van der Waals surface area contributed by atoms with Crippen LogP contribution in [0.3, 0.4) is 0 Å². The highest BCUT2D eigenvalue weighted by Crippen LogP contribution is 2.21. The number of hydrogen-bond donors (Lipinski definition) is 1. The molecule has 0 heterocycles. The normalized spacial score (nSPS) is 10.2. The average molecular weight is 311 g/mol. The van der Waals surface area contributed by atoms with Crippen LogP contribution in [0.5, 0.6) is 0 Å². The van der Waals surface area contributed by atoms with Crippen LogP contribution in [0.2, 0.25) is 5.02 Å². The number of nitrogens with two attached hydrogens (primary N) is 1. The highest BCUT2D eigenvalue weighted by atomic mass is 79.9. The van der Waals surface area contributed by atoms with Crippen LogP contribution in [0.15, 0.2) is 46.9 Å². The second-order valence-electron chi connectivity index (χ2n) is 3.57. The molecule has 0 spiro atoms. The van der Waals surface area contributed by atoms with Crippen molar-refractivity contribution in [3.63, 3.8) is 0 Å². The number of nitrogen functional groups attached to an aromatic ring is 1. The van der Waals surface area contributed by atoms with Crippen molar-refractivity contribution in [3.8, 4) is 0 Å². The molecule has 0 aliphatic heterocycles. The predicted octanol–water partition coefficient (Wildman–Crippen LogP) is 3.92. The fraction of sp³-hybridized carbons (Fsp3) is 0. The Hall–Kier alpha value is -1.32. The SMILES string of the molecule is Nc1cc(C(=O)c2ccc(Br)cc2)ccc1Cl. The molecule has 0 aliphatic rings. The maximum absolute atomic E-state index is 12.1. The lowest BCUT2D eigenvalue weighted by molar-refractivity contribution is 0.103. The van der Waals surface area contributed by atoms with Gasteiger partial charge in [0.25, 0.3) is 0 Å². The predicted molar refractivity (Wildman–Crippen MR) is 73.4 cm³/mol. The van der Waals surface area contributed by atoms with Crippen molar-refractivity contribution in [1.29, 1.82) is 0 Å². The van der Waals surface area contributed by atoms with Gasteiger partial charge in [0, 0.05) is 15.6 Å². The molecule has 0 saturated carbocycles. The van der Waals surface area contributed by atoms with Crippen molar-refractivity contribution >= 4 is 39.0 Å². The Balaban J connectivity index is 2.37. The molecule has 0 aromatic heterocycles. The van der Waals surface area contributed by atoms with Crippen molar-refractivity contribution in [2.45, 2.75) is 0 Å². The van der Waals surface area contributed by atoms with E-state index < -0.39 is 0 Å². The van der Waals surface area contributed by atoms with E-state index in [1.54, 1.807) is 30.3 Å². The van der Waals surface area contributed by atoms with E-state index in [9.17, 15) is 4.79 Å². The Morgan fingerprint density at radius 3 is 2.24 bits per heavy atom. The molecule has 86 valence electrons. The third-order valence-electron chi connectivity index (χ3n) is 2.36. The molecular formula is C13H9BrClNO. The van der Waals surface area contributed by atoms with Gasteiger partial charge in [0.2, 0.25) is 0 Å². The number of halogens is 2. The summed E-state index contributed by atoms with van der Waals surface area (Å²) in [6.07, 6.45) is 0. The summed E-state index contributed by atoms with van der Waals surface area (Å²) in [5.74, 6) is -0.0686. The summed E-state index contributed by atoms with van der Waals surface area (Å²) in [5.41, 5.74) is 7.24. The van der Waals surface area contributed by atoms with Gasteiger partial charge in [0.05, 0.1) is 10.7 Å². The van der Waals surface area contributed by atoms with Gasteiger partial charge in [0.15, 0.2) is 5.78 Å². The molecule has 2 rings (SSSR count). The van der Waals surface area contributed by atoms with Gasteiger partial charge in [-0.15, -0.1) is 0 Å². The fourth-order valence-corrected chi connectivity index (χ4v) is 1.83. The molecule has 0 unspecified atom stereocenters. The molecule has 17 heavy (non-hydrogen) atoms. The zero-order valence-electron chi connectivity index (χ0n) is 8.78. The number of carbonyl (C=O) groups excluding carboxylic acids is 1. The molecule has 0 amide bonds. The summed E-state index contributed by atoms with van der Waals surface area (Å²) in [6.45, 7) is 0. The average Bonchev–Trinajstić information content (AvgIpc) is 2.33. The first-order valence-corrected chi connectivity index (χ1v) is 6.10. The van der Waals surface area contributed by atoms with Crippen molar-refractivity contribution in [3.05, 3.63) is 63.1 Å². The number of carbonyl (C=O) groups is 1. The van der Waals surface area contributed by atoms with Crippen LogP contribution in [0.1, 0.15) is 15.9 Å². The van der Waals surface area contributed by atoms with E-state index in [-0.39, 0.29) is 5.78 Å². The molecule has 0 saturated heterocycles. The summed E-state index contributed by atoms with van der Waals surface area (Å²) >= 11 is 9.13. The number of hydrogen-bond acceptors (Lipinski definition) is 2. The second kappa shape index (κ2) is 4.90. The molecular weight excluding hydrogens is 302 g/mol. The highest BCUT2D eigenvalue weighted by molar-refractivity contribution is 9.10. The Kier molecular flexibility index (Phi) is 3.50. The zero-order chi connectivity index (χ0) is 12.4. The minimum absolute atomic E-state index is 0.0686. The van der Waals surface area contributed by atoms with Gasteiger partial charge in [-0.1, -0.05) is 27.5 Å². The van der Waals surface area contributed by atoms with Crippen LogP contribution in [0.25, 0.3) is 0 Å². The van der Waals surface area contributed by atoms with E-state index in [1.807, 2.05) is 12.1 Å². The summed E-state index contributed by atoms with van der Waals surface area (Å²) < 4.78 is 0.935. The standard InChI is InChI=1S/C13H9BrClNO/c14-10-4-1-8(2-5-10)13(17)9-3-6-11(15)12(16)7-9/h1-7H,16H2. The van der Waals surface area contributed by atoms with Gasteiger partial charge >= 0.3 is 0 Å². The Labute approximate surface area is 113 Å². The quantitative estimate of drug-likeness (QED) is 0.675. The van der Waals surface area contributed by atoms with E-state index >= 15 is 0 Å². The summed E-state index contributed by atoms with van der Waals surface area (Å²) in [5, 5.41) is 0.456. The van der Waals surface area contributed by atoms with Crippen molar-refractivity contribution in [2.24, 2.45) is 0 Å². The molecule has 0 fully saturated rings. The first kappa shape index (κ1) is 12.1. The number of rotatable bonds is 2. The van der Waals surface area contributed by atoms with Gasteiger partial charge in [-0.2, -0.15) is 0 Å². The number of anilines is 1. The van der Waals surface area contributed by atoms with Gasteiger partial charge in [-0.3, -0.25) is 4.79 Å². The third-order valence-corrected chi connectivity index (χ3v) is 3.24. The van der Waals surface area contributed by atoms with Crippen LogP contribution in [-0.4, -0.2) is 5.78 Å². The van der Waals surface area contributed by atoms with E-state index in [4.69, 9.17) is 17.3 Å². The van der Waals surface area contributed by atoms with E-state index in [0.29, 0.717) is 21.8 Å². The van der Waals surface area contributed by atoms with Gasteiger partial charge < -0.3 is 5.73 Å². The second-order valence-corrected chi connectivity index (χ2v) is 4.90. The minimum Gasteiger partial charge on any atom is -0.398 e. The molecule has 2 aromatic carbocycles. The van der Waals surface area contributed by atoms with Crippen LogP contribution in [0, 0.1) is 0 Å². The molecule has 0 atom stereocenters. The molecule has 4 heteroatoms. The summed E-state index contributed by atoms with van der Waals surface area (Å²) in [6, 6.07) is 12.1. The zero-order valence-corrected chi connectivity index (χ0v) is 11.1. The molecule has 2 nitrogen and oxygen atoms in total. The first-order valence-electron chi connectivity index (χ1n) is 4.93. The minimum atomic E-state index is -0.0686. The lowest BCUT2D eigenvalue weighted by Gasteiger charge is -2.04. The number of benzene rings is 2. The summed E-state index contributed by atoms with van der Waals surface area (Å²) in [7, 11) is 0. The molecule has 2 N–H and O–H groups in total. The number of ketones is 1. The van der Waals surface area contributed by atoms with Crippen molar-refractivity contribution in [2.75, 3.05) is 5.73 Å².